The lowest BCUT2D eigenvalue weighted by Gasteiger charge is -2.04. The number of aromatic carboxylic acids is 1. The molecule has 36 heavy (non-hydrogen) atoms. The van der Waals surface area contributed by atoms with E-state index < -0.39 is 5.97 Å². The Morgan fingerprint density at radius 1 is 0.639 bits per heavy atom. The molecule has 0 heterocycles. The first-order chi connectivity index (χ1) is 17.6. The third kappa shape index (κ3) is 19.1. The number of carboxylic acid groups (broad SMARTS) is 1. The van der Waals surface area contributed by atoms with Gasteiger partial charge in [-0.15, -0.1) is 0 Å². The molecule has 0 saturated heterocycles. The topological polar surface area (TPSA) is 63.6 Å². The van der Waals surface area contributed by atoms with E-state index >= 15 is 0 Å². The minimum Gasteiger partial charge on any atom is -0.478 e. The second kappa shape index (κ2) is 23.3. The van der Waals surface area contributed by atoms with E-state index in [-0.39, 0.29) is 11.5 Å². The Balaban J connectivity index is 1.80. The van der Waals surface area contributed by atoms with Crippen LogP contribution in [-0.2, 0) is 9.53 Å². The quantitative estimate of drug-likeness (QED) is 0.0871. The van der Waals surface area contributed by atoms with Crippen LogP contribution in [0, 0.1) is 0 Å². The fourth-order valence-electron chi connectivity index (χ4n) is 4.48. The van der Waals surface area contributed by atoms with Gasteiger partial charge < -0.3 is 9.84 Å². The van der Waals surface area contributed by atoms with Gasteiger partial charge in [-0.1, -0.05) is 141 Å². The maximum atomic E-state index is 11.8. The second-order valence-corrected chi connectivity index (χ2v) is 10.1. The first kappa shape index (κ1) is 31.9. The molecule has 0 saturated carbocycles. The van der Waals surface area contributed by atoms with Gasteiger partial charge in [0.15, 0.2) is 0 Å². The molecule has 0 amide bonds. The van der Waals surface area contributed by atoms with Crippen molar-refractivity contribution in [1.82, 2.24) is 0 Å². The number of rotatable bonds is 24. The largest absolute Gasteiger partial charge is 0.478 e. The Morgan fingerprint density at radius 3 is 1.42 bits per heavy atom. The van der Waals surface area contributed by atoms with Gasteiger partial charge >= 0.3 is 11.9 Å². The van der Waals surface area contributed by atoms with Crippen LogP contribution in [0.25, 0.3) is 6.08 Å². The van der Waals surface area contributed by atoms with Gasteiger partial charge in [0.05, 0.1) is 12.2 Å². The number of carboxylic acids is 1. The molecule has 1 aromatic carbocycles. The van der Waals surface area contributed by atoms with Crippen molar-refractivity contribution in [3.05, 3.63) is 41.5 Å². The molecule has 1 aromatic rings. The Kier molecular flexibility index (Phi) is 20.7. The minimum atomic E-state index is -0.959. The van der Waals surface area contributed by atoms with Crippen molar-refractivity contribution in [2.24, 2.45) is 0 Å². The highest BCUT2D eigenvalue weighted by molar-refractivity contribution is 5.89. The first-order valence-corrected chi connectivity index (χ1v) is 14.8. The van der Waals surface area contributed by atoms with E-state index in [0.29, 0.717) is 6.61 Å². The molecule has 0 aliphatic heterocycles. The van der Waals surface area contributed by atoms with E-state index in [0.717, 1.165) is 18.4 Å². The van der Waals surface area contributed by atoms with Gasteiger partial charge in [-0.25, -0.2) is 9.59 Å². The summed E-state index contributed by atoms with van der Waals surface area (Å²) >= 11 is 0. The number of carbonyl (C=O) groups excluding carboxylic acids is 1. The minimum absolute atomic E-state index is 0.231. The highest BCUT2D eigenvalue weighted by Crippen LogP contribution is 2.15. The zero-order valence-electron chi connectivity index (χ0n) is 23.0. The SMILES string of the molecule is CCCCCCCCCCCCCCCCCCCCCCOC(=O)C=Cc1ccc(C(=O)O)cc1. The summed E-state index contributed by atoms with van der Waals surface area (Å²) in [5, 5.41) is 8.90. The number of ether oxygens (including phenoxy) is 1. The highest BCUT2D eigenvalue weighted by Gasteiger charge is 2.01. The van der Waals surface area contributed by atoms with Crippen molar-refractivity contribution in [2.45, 2.75) is 135 Å². The molecule has 0 spiro atoms. The summed E-state index contributed by atoms with van der Waals surface area (Å²) in [5.74, 6) is -1.31. The third-order valence-electron chi connectivity index (χ3n) is 6.81. The van der Waals surface area contributed by atoms with Crippen LogP contribution in [0.3, 0.4) is 0 Å². The zero-order valence-corrected chi connectivity index (χ0v) is 23.0. The van der Waals surface area contributed by atoms with Crippen molar-refractivity contribution >= 4 is 18.0 Å². The average Bonchev–Trinajstić information content (AvgIpc) is 2.88. The summed E-state index contributed by atoms with van der Waals surface area (Å²) in [6, 6.07) is 6.39. The molecule has 0 bridgehead atoms. The van der Waals surface area contributed by atoms with Crippen LogP contribution in [0.1, 0.15) is 151 Å². The molecule has 0 radical (unpaired) electrons. The molecule has 0 fully saturated rings. The summed E-state index contributed by atoms with van der Waals surface area (Å²) in [6.07, 6.45) is 30.1. The van der Waals surface area contributed by atoms with Gasteiger partial charge in [0.25, 0.3) is 0 Å². The molecule has 4 heteroatoms. The summed E-state index contributed by atoms with van der Waals surface area (Å²) in [5.41, 5.74) is 1.00. The Labute approximate surface area is 220 Å². The van der Waals surface area contributed by atoms with Gasteiger partial charge in [-0.2, -0.15) is 0 Å². The molecule has 1 N–H and O–H groups in total. The molecule has 1 rings (SSSR count). The van der Waals surface area contributed by atoms with Gasteiger partial charge in [-0.3, -0.25) is 0 Å². The number of hydrogen-bond acceptors (Lipinski definition) is 3. The van der Waals surface area contributed by atoms with Crippen LogP contribution in [-0.4, -0.2) is 23.7 Å². The van der Waals surface area contributed by atoms with Crippen molar-refractivity contribution in [3.63, 3.8) is 0 Å². The second-order valence-electron chi connectivity index (χ2n) is 10.1. The van der Waals surface area contributed by atoms with Crippen LogP contribution in [0.4, 0.5) is 0 Å². The van der Waals surface area contributed by atoms with Gasteiger partial charge in [-0.05, 0) is 30.2 Å². The molecule has 0 aromatic heterocycles. The number of carbonyl (C=O) groups is 2. The van der Waals surface area contributed by atoms with Gasteiger partial charge in [0, 0.05) is 6.08 Å². The molecule has 0 unspecified atom stereocenters. The lowest BCUT2D eigenvalue weighted by molar-refractivity contribution is -0.137. The lowest BCUT2D eigenvalue weighted by Crippen LogP contribution is -2.02. The van der Waals surface area contributed by atoms with Crippen LogP contribution < -0.4 is 0 Å². The molecular formula is C32H52O4. The summed E-state index contributed by atoms with van der Waals surface area (Å²) in [7, 11) is 0. The Hall–Kier alpha value is -2.10. The van der Waals surface area contributed by atoms with Gasteiger partial charge in [0.1, 0.15) is 0 Å². The fourth-order valence-corrected chi connectivity index (χ4v) is 4.48. The van der Waals surface area contributed by atoms with Crippen LogP contribution in [0.2, 0.25) is 0 Å². The molecule has 0 aliphatic carbocycles. The van der Waals surface area contributed by atoms with E-state index in [1.165, 1.54) is 134 Å². The fraction of sp³-hybridized carbons (Fsp3) is 0.688. The molecule has 4 nitrogen and oxygen atoms in total. The summed E-state index contributed by atoms with van der Waals surface area (Å²) < 4.78 is 5.24. The Bertz CT molecular complexity index is 693. The third-order valence-corrected chi connectivity index (χ3v) is 6.81. The monoisotopic (exact) mass is 500 g/mol. The van der Waals surface area contributed by atoms with Crippen molar-refractivity contribution < 1.29 is 19.4 Å². The predicted octanol–water partition coefficient (Wildman–Crippen LogP) is 9.76. The lowest BCUT2D eigenvalue weighted by atomic mass is 10.0. The number of esters is 1. The molecule has 0 aliphatic rings. The van der Waals surface area contributed by atoms with E-state index in [1.54, 1.807) is 18.2 Å². The van der Waals surface area contributed by atoms with E-state index in [9.17, 15) is 9.59 Å². The van der Waals surface area contributed by atoms with E-state index in [4.69, 9.17) is 9.84 Å². The Morgan fingerprint density at radius 2 is 1.03 bits per heavy atom. The average molecular weight is 501 g/mol. The van der Waals surface area contributed by atoms with E-state index in [1.807, 2.05) is 0 Å². The smallest absolute Gasteiger partial charge is 0.335 e. The molecular weight excluding hydrogens is 448 g/mol. The summed E-state index contributed by atoms with van der Waals surface area (Å²) in [4.78, 5) is 22.6. The normalized spacial score (nSPS) is 11.2. The number of benzene rings is 1. The van der Waals surface area contributed by atoms with Crippen molar-refractivity contribution in [2.75, 3.05) is 6.61 Å². The zero-order chi connectivity index (χ0) is 26.1. The van der Waals surface area contributed by atoms with Crippen molar-refractivity contribution in [1.29, 1.82) is 0 Å². The first-order valence-electron chi connectivity index (χ1n) is 14.8. The number of unbranched alkanes of at least 4 members (excludes halogenated alkanes) is 19. The highest BCUT2D eigenvalue weighted by atomic mass is 16.5. The van der Waals surface area contributed by atoms with Crippen LogP contribution in [0.15, 0.2) is 30.3 Å². The van der Waals surface area contributed by atoms with Crippen molar-refractivity contribution in [3.8, 4) is 0 Å². The van der Waals surface area contributed by atoms with Crippen LogP contribution in [0.5, 0.6) is 0 Å². The molecule has 0 atom stereocenters. The van der Waals surface area contributed by atoms with Crippen LogP contribution >= 0.6 is 0 Å². The van der Waals surface area contributed by atoms with E-state index in [2.05, 4.69) is 6.92 Å². The summed E-state index contributed by atoms with van der Waals surface area (Å²) in [6.45, 7) is 2.74. The standard InChI is InChI=1S/C32H52O4/c1-2-3-4-5-6-7-8-9-10-11-12-13-14-15-16-17-18-19-20-21-28-36-31(33)27-24-29-22-25-30(26-23-29)32(34)35/h22-27H,2-21,28H2,1H3,(H,34,35). The molecule has 204 valence electrons. The van der Waals surface area contributed by atoms with Gasteiger partial charge in [0.2, 0.25) is 0 Å². The maximum absolute atomic E-state index is 11.8. The maximum Gasteiger partial charge on any atom is 0.335 e. The predicted molar refractivity (Wildman–Crippen MR) is 151 cm³/mol. The number of hydrogen-bond donors (Lipinski definition) is 1.